The Hall–Kier alpha value is -2.17. The second-order valence-electron chi connectivity index (χ2n) is 8.65. The molecule has 0 unspecified atom stereocenters. The maximum Gasteiger partial charge on any atom is -0.00608 e. The van der Waals surface area contributed by atoms with Crippen LogP contribution in [0.15, 0.2) is 72.8 Å². The number of hydrogen-bond donors (Lipinski definition) is 0. The van der Waals surface area contributed by atoms with E-state index in [9.17, 15) is 0 Å². The Labute approximate surface area is 175 Å². The standard InChI is InChI=1S/C28H29P/c1-20-15-16-21-9-3-7-13-25(21)27(20)28-23(19-29(2)24-11-5-6-12-24)18-17-22-10-4-8-14-26(22)28/h3-4,7-10,13-18,24H,5-6,11-12,19H2,1-2H3/t29-/m0/s1. The molecule has 4 aromatic rings. The zero-order valence-electron chi connectivity index (χ0n) is 17.5. The molecule has 0 radical (unpaired) electrons. The first-order valence-corrected chi connectivity index (χ1v) is 13.0. The summed E-state index contributed by atoms with van der Waals surface area (Å²) >= 11 is 0. The van der Waals surface area contributed by atoms with E-state index in [2.05, 4.69) is 86.4 Å². The Kier molecular flexibility index (Phi) is 5.15. The Morgan fingerprint density at radius 3 is 2.00 bits per heavy atom. The third kappa shape index (κ3) is 3.49. The van der Waals surface area contributed by atoms with Crippen LogP contribution in [0.5, 0.6) is 0 Å². The molecule has 0 nitrogen and oxygen atoms in total. The van der Waals surface area contributed by atoms with Crippen LogP contribution >= 0.6 is 7.92 Å². The minimum atomic E-state index is 0.0272. The van der Waals surface area contributed by atoms with E-state index in [4.69, 9.17) is 0 Å². The summed E-state index contributed by atoms with van der Waals surface area (Å²) in [6.45, 7) is 4.82. The first-order chi connectivity index (χ1) is 14.2. The van der Waals surface area contributed by atoms with Gasteiger partial charge in [-0.3, -0.25) is 0 Å². The van der Waals surface area contributed by atoms with Crippen molar-refractivity contribution < 1.29 is 0 Å². The van der Waals surface area contributed by atoms with E-state index in [1.807, 2.05) is 0 Å². The lowest BCUT2D eigenvalue weighted by Crippen LogP contribution is -2.02. The zero-order valence-corrected chi connectivity index (χ0v) is 18.4. The first kappa shape index (κ1) is 18.8. The second-order valence-corrected chi connectivity index (χ2v) is 11.2. The highest BCUT2D eigenvalue weighted by Gasteiger charge is 2.23. The van der Waals surface area contributed by atoms with Gasteiger partial charge in [-0.25, -0.2) is 0 Å². The van der Waals surface area contributed by atoms with Crippen molar-refractivity contribution in [3.05, 3.63) is 83.9 Å². The van der Waals surface area contributed by atoms with Crippen molar-refractivity contribution in [3.63, 3.8) is 0 Å². The van der Waals surface area contributed by atoms with Gasteiger partial charge in [0.15, 0.2) is 0 Å². The molecule has 0 spiro atoms. The average molecular weight is 397 g/mol. The van der Waals surface area contributed by atoms with Gasteiger partial charge in [-0.15, -0.1) is 7.92 Å². The fourth-order valence-electron chi connectivity index (χ4n) is 5.20. The van der Waals surface area contributed by atoms with Crippen LogP contribution in [0.25, 0.3) is 32.7 Å². The third-order valence-corrected chi connectivity index (χ3v) is 9.37. The van der Waals surface area contributed by atoms with Gasteiger partial charge in [-0.1, -0.05) is 85.6 Å². The van der Waals surface area contributed by atoms with Crippen LogP contribution in [-0.4, -0.2) is 12.3 Å². The molecule has 29 heavy (non-hydrogen) atoms. The topological polar surface area (TPSA) is 0 Å². The van der Waals surface area contributed by atoms with E-state index in [0.29, 0.717) is 0 Å². The van der Waals surface area contributed by atoms with Crippen molar-refractivity contribution in [1.82, 2.24) is 0 Å². The van der Waals surface area contributed by atoms with Crippen molar-refractivity contribution in [2.75, 3.05) is 6.66 Å². The van der Waals surface area contributed by atoms with Gasteiger partial charge in [0.05, 0.1) is 0 Å². The lowest BCUT2D eigenvalue weighted by atomic mass is 9.88. The summed E-state index contributed by atoms with van der Waals surface area (Å²) in [5, 5.41) is 5.46. The molecule has 1 aliphatic carbocycles. The van der Waals surface area contributed by atoms with Gasteiger partial charge in [-0.2, -0.15) is 0 Å². The van der Waals surface area contributed by atoms with E-state index in [0.717, 1.165) is 5.66 Å². The van der Waals surface area contributed by atoms with Gasteiger partial charge in [0.1, 0.15) is 0 Å². The van der Waals surface area contributed by atoms with Gasteiger partial charge in [0.2, 0.25) is 0 Å². The molecule has 0 heterocycles. The lowest BCUT2D eigenvalue weighted by molar-refractivity contribution is 0.886. The number of benzene rings is 4. The molecule has 1 fully saturated rings. The Balaban J connectivity index is 1.75. The van der Waals surface area contributed by atoms with Crippen LogP contribution in [0, 0.1) is 6.92 Å². The fraction of sp³-hybridized carbons (Fsp3) is 0.286. The lowest BCUT2D eigenvalue weighted by Gasteiger charge is -2.23. The minimum absolute atomic E-state index is 0.0272. The number of fused-ring (bicyclic) bond motifs is 2. The summed E-state index contributed by atoms with van der Waals surface area (Å²) in [5.74, 6) is 0. The van der Waals surface area contributed by atoms with Crippen LogP contribution in [-0.2, 0) is 6.16 Å². The maximum absolute atomic E-state index is 2.54. The van der Waals surface area contributed by atoms with E-state index < -0.39 is 0 Å². The minimum Gasteiger partial charge on any atom is -0.102 e. The van der Waals surface area contributed by atoms with Gasteiger partial charge < -0.3 is 0 Å². The molecule has 0 bridgehead atoms. The first-order valence-electron chi connectivity index (χ1n) is 10.9. The molecule has 5 rings (SSSR count). The highest BCUT2D eigenvalue weighted by molar-refractivity contribution is 7.56. The Bertz CT molecular complexity index is 1170. The van der Waals surface area contributed by atoms with Crippen molar-refractivity contribution in [2.45, 2.75) is 44.4 Å². The number of rotatable bonds is 4. The van der Waals surface area contributed by atoms with E-state index in [1.165, 1.54) is 70.1 Å². The highest BCUT2D eigenvalue weighted by atomic mass is 31.1. The van der Waals surface area contributed by atoms with Gasteiger partial charge in [0, 0.05) is 0 Å². The monoisotopic (exact) mass is 396 g/mol. The number of aryl methyl sites for hydroxylation is 1. The predicted octanol–water partition coefficient (Wildman–Crippen LogP) is 8.52. The molecule has 0 aromatic heterocycles. The fourth-order valence-corrected chi connectivity index (χ4v) is 7.50. The van der Waals surface area contributed by atoms with Gasteiger partial charge >= 0.3 is 0 Å². The van der Waals surface area contributed by atoms with Crippen LogP contribution in [0.3, 0.4) is 0 Å². The van der Waals surface area contributed by atoms with Crippen LogP contribution in [0.1, 0.15) is 36.8 Å². The molecule has 0 N–H and O–H groups in total. The van der Waals surface area contributed by atoms with E-state index >= 15 is 0 Å². The molecule has 146 valence electrons. The normalized spacial score (nSPS) is 15.9. The molecule has 0 amide bonds. The smallest absolute Gasteiger partial charge is 0.00608 e. The second kappa shape index (κ2) is 7.92. The summed E-state index contributed by atoms with van der Waals surface area (Å²) in [4.78, 5) is 0. The van der Waals surface area contributed by atoms with E-state index in [1.54, 1.807) is 5.56 Å². The summed E-state index contributed by atoms with van der Waals surface area (Å²) in [6, 6.07) is 27.1. The van der Waals surface area contributed by atoms with Gasteiger partial charge in [-0.05, 0) is 82.0 Å². The van der Waals surface area contributed by atoms with Crippen molar-refractivity contribution in [1.29, 1.82) is 0 Å². The van der Waals surface area contributed by atoms with Crippen LogP contribution < -0.4 is 0 Å². The summed E-state index contributed by atoms with van der Waals surface area (Å²) in [7, 11) is 0.0272. The zero-order chi connectivity index (χ0) is 19.8. The molecular weight excluding hydrogens is 367 g/mol. The number of hydrogen-bond acceptors (Lipinski definition) is 0. The van der Waals surface area contributed by atoms with Gasteiger partial charge in [0.25, 0.3) is 0 Å². The molecule has 1 saturated carbocycles. The quantitative estimate of drug-likeness (QED) is 0.303. The van der Waals surface area contributed by atoms with Crippen molar-refractivity contribution >= 4 is 29.5 Å². The van der Waals surface area contributed by atoms with Crippen molar-refractivity contribution in [3.8, 4) is 11.1 Å². The van der Waals surface area contributed by atoms with E-state index in [-0.39, 0.29) is 7.92 Å². The maximum atomic E-state index is 2.54. The predicted molar refractivity (Wildman–Crippen MR) is 130 cm³/mol. The molecule has 0 saturated heterocycles. The molecule has 0 aliphatic heterocycles. The summed E-state index contributed by atoms with van der Waals surface area (Å²) in [5.41, 5.74) is 6.79. The molecule has 1 aliphatic rings. The van der Waals surface area contributed by atoms with Crippen LogP contribution in [0.4, 0.5) is 0 Å². The molecule has 1 heteroatoms. The summed E-state index contributed by atoms with van der Waals surface area (Å²) < 4.78 is 0. The molecular formula is C28H29P. The third-order valence-electron chi connectivity index (χ3n) is 6.77. The van der Waals surface area contributed by atoms with Crippen molar-refractivity contribution in [2.24, 2.45) is 0 Å². The molecule has 1 atom stereocenters. The SMILES string of the molecule is Cc1ccc2ccccc2c1-c1c(C[P@](C)C2CCCC2)ccc2ccccc12. The Morgan fingerprint density at radius 1 is 0.724 bits per heavy atom. The average Bonchev–Trinajstić information content (AvgIpc) is 3.29. The van der Waals surface area contributed by atoms with Crippen LogP contribution in [0.2, 0.25) is 0 Å². The highest BCUT2D eigenvalue weighted by Crippen LogP contribution is 2.50. The largest absolute Gasteiger partial charge is 0.102 e. The summed E-state index contributed by atoms with van der Waals surface area (Å²) in [6.07, 6.45) is 6.99. The Morgan fingerprint density at radius 2 is 1.31 bits per heavy atom. The molecule has 4 aromatic carbocycles.